The van der Waals surface area contributed by atoms with Crippen molar-refractivity contribution < 1.29 is 13.6 Å². The van der Waals surface area contributed by atoms with E-state index in [0.29, 0.717) is 21.9 Å². The maximum Gasteiger partial charge on any atom is 0.278 e. The second kappa shape index (κ2) is 7.04. The smallest absolute Gasteiger partial charge is 0.278 e. The lowest BCUT2D eigenvalue weighted by Gasteiger charge is -2.03. The van der Waals surface area contributed by atoms with Gasteiger partial charge in [-0.1, -0.05) is 5.21 Å². The minimum Gasteiger partial charge on any atom is -0.310 e. The van der Waals surface area contributed by atoms with Gasteiger partial charge in [-0.3, -0.25) is 4.79 Å². The van der Waals surface area contributed by atoms with Crippen molar-refractivity contribution >= 4 is 22.2 Å². The van der Waals surface area contributed by atoms with Crippen LogP contribution in [0.15, 0.2) is 60.2 Å². The summed E-state index contributed by atoms with van der Waals surface area (Å²) < 4.78 is 27.5. The Kier molecular flexibility index (Phi) is 4.43. The number of anilines is 1. The van der Waals surface area contributed by atoms with Gasteiger partial charge in [0.1, 0.15) is 22.3 Å². The fourth-order valence-electron chi connectivity index (χ4n) is 2.40. The number of amides is 1. The van der Waals surface area contributed by atoms with Gasteiger partial charge in [-0.2, -0.15) is 0 Å². The number of rotatable bonds is 4. The van der Waals surface area contributed by atoms with Gasteiger partial charge in [0.25, 0.3) is 5.91 Å². The van der Waals surface area contributed by atoms with Gasteiger partial charge in [-0.05, 0) is 48.5 Å². The van der Waals surface area contributed by atoms with E-state index in [4.69, 9.17) is 0 Å². The topological polar surface area (TPSA) is 72.7 Å². The normalized spacial score (nSPS) is 10.7. The Balaban J connectivity index is 1.55. The molecule has 0 unspecified atom stereocenters. The highest BCUT2D eigenvalue weighted by Crippen LogP contribution is 2.30. The molecule has 6 nitrogen and oxygen atoms in total. The van der Waals surface area contributed by atoms with Crippen LogP contribution in [0.1, 0.15) is 10.5 Å². The van der Waals surface area contributed by atoms with Crippen LogP contribution in [0.4, 0.5) is 13.8 Å². The van der Waals surface area contributed by atoms with E-state index in [2.05, 4.69) is 20.6 Å². The van der Waals surface area contributed by atoms with E-state index in [1.54, 1.807) is 17.6 Å². The number of carbonyl (C=O) groups is 1. The molecule has 0 spiro atoms. The van der Waals surface area contributed by atoms with Crippen LogP contribution in [0, 0.1) is 11.6 Å². The maximum atomic E-state index is 13.1. The average Bonchev–Trinajstić information content (AvgIpc) is 3.33. The third-order valence-corrected chi connectivity index (χ3v) is 4.47. The van der Waals surface area contributed by atoms with Crippen molar-refractivity contribution in [1.29, 1.82) is 0 Å². The van der Waals surface area contributed by atoms with Crippen molar-refractivity contribution in [3.63, 3.8) is 0 Å². The van der Waals surface area contributed by atoms with E-state index >= 15 is 0 Å². The molecule has 0 aliphatic heterocycles. The summed E-state index contributed by atoms with van der Waals surface area (Å²) in [7, 11) is 0. The van der Waals surface area contributed by atoms with E-state index < -0.39 is 5.91 Å². The first-order valence-corrected chi connectivity index (χ1v) is 8.67. The molecule has 0 aliphatic carbocycles. The molecule has 0 aliphatic rings. The molecule has 2 heterocycles. The van der Waals surface area contributed by atoms with Crippen LogP contribution >= 0.6 is 11.3 Å². The molecule has 9 heteroatoms. The molecule has 0 fully saturated rings. The number of halogens is 2. The van der Waals surface area contributed by atoms with Crippen LogP contribution in [0.5, 0.6) is 0 Å². The average molecular weight is 383 g/mol. The molecule has 2 aromatic carbocycles. The molecule has 0 saturated carbocycles. The van der Waals surface area contributed by atoms with Gasteiger partial charge in [0.2, 0.25) is 0 Å². The molecule has 4 rings (SSSR count). The number of thiazole rings is 1. The van der Waals surface area contributed by atoms with Crippen LogP contribution in [0.25, 0.3) is 16.9 Å². The quantitative estimate of drug-likeness (QED) is 0.580. The predicted molar refractivity (Wildman–Crippen MR) is 96.8 cm³/mol. The lowest BCUT2D eigenvalue weighted by molar-refractivity contribution is 0.102. The lowest BCUT2D eigenvalue weighted by Crippen LogP contribution is -2.12. The summed E-state index contributed by atoms with van der Waals surface area (Å²) >= 11 is 1.24. The third kappa shape index (κ3) is 3.58. The summed E-state index contributed by atoms with van der Waals surface area (Å²) in [5, 5.41) is 11.0. The molecule has 134 valence electrons. The molecular formula is C18H11F2N5OS. The van der Waals surface area contributed by atoms with E-state index in [9.17, 15) is 13.6 Å². The fraction of sp³-hybridized carbons (Fsp3) is 0. The summed E-state index contributed by atoms with van der Waals surface area (Å²) in [4.78, 5) is 16.7. The standard InChI is InChI=1S/C18H11F2N5OS/c19-12-3-1-11(2-4-12)16-18(27-10-21-16)22-17(26)15-9-25(24-23-15)14-7-5-13(20)6-8-14/h1-10H,(H,22,26). The Bertz CT molecular complexity index is 1090. The van der Waals surface area contributed by atoms with Crippen LogP contribution in [-0.2, 0) is 0 Å². The van der Waals surface area contributed by atoms with Crippen LogP contribution in [0.3, 0.4) is 0 Å². The van der Waals surface area contributed by atoms with Gasteiger partial charge in [-0.15, -0.1) is 16.4 Å². The first kappa shape index (κ1) is 17.0. The number of nitrogens with one attached hydrogen (secondary N) is 1. The summed E-state index contributed by atoms with van der Waals surface area (Å²) in [6.45, 7) is 0. The fourth-order valence-corrected chi connectivity index (χ4v) is 3.10. The largest absolute Gasteiger partial charge is 0.310 e. The zero-order valence-electron chi connectivity index (χ0n) is 13.6. The van der Waals surface area contributed by atoms with Gasteiger partial charge in [-0.25, -0.2) is 18.4 Å². The van der Waals surface area contributed by atoms with E-state index in [0.717, 1.165) is 0 Å². The summed E-state index contributed by atoms with van der Waals surface area (Å²) in [6.07, 6.45) is 1.45. The molecule has 1 N–H and O–H groups in total. The number of benzene rings is 2. The van der Waals surface area contributed by atoms with Crippen LogP contribution in [-0.4, -0.2) is 25.9 Å². The Labute approximate surface area is 156 Å². The van der Waals surface area contributed by atoms with Crippen LogP contribution in [0.2, 0.25) is 0 Å². The second-order valence-electron chi connectivity index (χ2n) is 5.52. The summed E-state index contributed by atoms with van der Waals surface area (Å²) in [5.74, 6) is -1.18. The van der Waals surface area contributed by atoms with Crippen molar-refractivity contribution in [2.45, 2.75) is 0 Å². The highest BCUT2D eigenvalue weighted by Gasteiger charge is 2.16. The number of hydrogen-bond donors (Lipinski definition) is 1. The zero-order chi connectivity index (χ0) is 18.8. The number of carbonyl (C=O) groups excluding carboxylic acids is 1. The van der Waals surface area contributed by atoms with E-state index in [1.807, 2.05) is 0 Å². The second-order valence-corrected chi connectivity index (χ2v) is 6.37. The Morgan fingerprint density at radius 3 is 2.37 bits per heavy atom. The predicted octanol–water partition coefficient (Wildman–Crippen LogP) is 3.92. The summed E-state index contributed by atoms with van der Waals surface area (Å²) in [6, 6.07) is 11.5. The molecule has 0 radical (unpaired) electrons. The van der Waals surface area contributed by atoms with Gasteiger partial charge in [0.15, 0.2) is 5.69 Å². The highest BCUT2D eigenvalue weighted by molar-refractivity contribution is 7.14. The van der Waals surface area contributed by atoms with E-state index in [-0.39, 0.29) is 17.3 Å². The lowest BCUT2D eigenvalue weighted by atomic mass is 10.1. The number of hydrogen-bond acceptors (Lipinski definition) is 5. The van der Waals surface area contributed by atoms with Gasteiger partial charge in [0, 0.05) is 5.56 Å². The molecule has 0 bridgehead atoms. The monoisotopic (exact) mass is 383 g/mol. The highest BCUT2D eigenvalue weighted by atomic mass is 32.1. The minimum absolute atomic E-state index is 0.0952. The molecule has 4 aromatic rings. The van der Waals surface area contributed by atoms with Crippen molar-refractivity contribution in [3.8, 4) is 16.9 Å². The molecule has 2 aromatic heterocycles. The van der Waals surface area contributed by atoms with Crippen molar-refractivity contribution in [2.24, 2.45) is 0 Å². The molecule has 0 atom stereocenters. The van der Waals surface area contributed by atoms with Crippen molar-refractivity contribution in [3.05, 3.63) is 77.6 Å². The summed E-state index contributed by atoms with van der Waals surface area (Å²) in [5.41, 5.74) is 3.48. The molecule has 0 saturated heterocycles. The Morgan fingerprint density at radius 2 is 1.67 bits per heavy atom. The van der Waals surface area contributed by atoms with E-state index in [1.165, 1.54) is 58.6 Å². The van der Waals surface area contributed by atoms with Gasteiger partial charge < -0.3 is 5.32 Å². The van der Waals surface area contributed by atoms with Gasteiger partial charge in [0.05, 0.1) is 17.4 Å². The van der Waals surface area contributed by atoms with Gasteiger partial charge >= 0.3 is 0 Å². The maximum absolute atomic E-state index is 13.1. The molecule has 27 heavy (non-hydrogen) atoms. The molecule has 1 amide bonds. The number of aromatic nitrogens is 4. The zero-order valence-corrected chi connectivity index (χ0v) is 14.5. The first-order chi connectivity index (χ1) is 13.1. The number of nitrogens with zero attached hydrogens (tertiary/aromatic N) is 4. The Hall–Kier alpha value is -3.46. The van der Waals surface area contributed by atoms with Crippen molar-refractivity contribution in [2.75, 3.05) is 5.32 Å². The first-order valence-electron chi connectivity index (χ1n) is 7.79. The molecular weight excluding hydrogens is 372 g/mol. The van der Waals surface area contributed by atoms with Crippen molar-refractivity contribution in [1.82, 2.24) is 20.0 Å². The third-order valence-electron chi connectivity index (χ3n) is 3.73. The minimum atomic E-state index is -0.462. The van der Waals surface area contributed by atoms with Crippen LogP contribution < -0.4 is 5.32 Å². The Morgan fingerprint density at radius 1 is 1.00 bits per heavy atom. The SMILES string of the molecule is O=C(Nc1scnc1-c1ccc(F)cc1)c1cn(-c2ccc(F)cc2)nn1.